The van der Waals surface area contributed by atoms with E-state index < -0.39 is 7.12 Å². The molecule has 0 aliphatic carbocycles. The van der Waals surface area contributed by atoms with Crippen LogP contribution in [-0.2, 0) is 9.31 Å². The van der Waals surface area contributed by atoms with Crippen molar-refractivity contribution < 1.29 is 9.31 Å². The van der Waals surface area contributed by atoms with Gasteiger partial charge in [-0.25, -0.2) is 0 Å². The van der Waals surface area contributed by atoms with Crippen molar-refractivity contribution in [2.45, 2.75) is 58.8 Å². The van der Waals surface area contributed by atoms with Gasteiger partial charge in [0.2, 0.25) is 0 Å². The highest BCUT2D eigenvalue weighted by molar-refractivity contribution is 7.19. The minimum absolute atomic E-state index is 0.264. The number of thiophene rings is 1. The molecule has 0 unspecified atom stereocenters. The molecule has 1 aliphatic heterocycles. The predicted molar refractivity (Wildman–Crippen MR) is 96.7 cm³/mol. The largest absolute Gasteiger partial charge is 0.498 e. The molecule has 1 aliphatic rings. The van der Waals surface area contributed by atoms with E-state index in [-0.39, 0.29) is 17.2 Å². The average molecular weight is 353 g/mol. The highest BCUT2D eigenvalue weighted by Crippen LogP contribution is 2.38. The Morgan fingerprint density at radius 2 is 1.78 bits per heavy atom. The molecule has 0 aromatic carbocycles. The zero-order valence-electron chi connectivity index (χ0n) is 14.4. The summed E-state index contributed by atoms with van der Waals surface area (Å²) < 4.78 is 15.1. The van der Waals surface area contributed by atoms with Gasteiger partial charge in [0.25, 0.3) is 0 Å². The third kappa shape index (κ3) is 2.98. The van der Waals surface area contributed by atoms with Crippen LogP contribution >= 0.6 is 22.9 Å². The van der Waals surface area contributed by atoms with Gasteiger partial charge in [-0.15, -0.1) is 11.3 Å². The maximum absolute atomic E-state index is 6.21. The van der Waals surface area contributed by atoms with Crippen LogP contribution < -0.4 is 5.46 Å². The van der Waals surface area contributed by atoms with Gasteiger partial charge in [0.15, 0.2) is 0 Å². The first kappa shape index (κ1) is 17.0. The minimum atomic E-state index is -0.427. The molecule has 23 heavy (non-hydrogen) atoms. The Morgan fingerprint density at radius 3 is 2.26 bits per heavy atom. The molecule has 0 spiro atoms. The second-order valence-corrected chi connectivity index (χ2v) is 8.91. The summed E-state index contributed by atoms with van der Waals surface area (Å²) in [5, 5.41) is 4.74. The van der Waals surface area contributed by atoms with E-state index in [1.165, 1.54) is 11.3 Å². The van der Waals surface area contributed by atoms with Crippen LogP contribution in [-0.4, -0.2) is 28.1 Å². The smallest absolute Gasteiger partial charge is 0.399 e. The molecule has 0 saturated carbocycles. The van der Waals surface area contributed by atoms with Crippen LogP contribution in [0.1, 0.15) is 47.6 Å². The summed E-state index contributed by atoms with van der Waals surface area (Å²) in [7, 11) is -0.427. The standard InChI is InChI=1S/C16H22BClN2O2S/c1-10(2)20-9-11(14(19-20)12-7-8-13(18)23-12)17-21-15(3,4)16(5,6)22-17/h7-10H,1-6H3. The second kappa shape index (κ2) is 5.62. The van der Waals surface area contributed by atoms with E-state index in [2.05, 4.69) is 41.5 Å². The monoisotopic (exact) mass is 352 g/mol. The molecule has 2 aromatic rings. The lowest BCUT2D eigenvalue weighted by Crippen LogP contribution is -2.41. The van der Waals surface area contributed by atoms with Gasteiger partial charge in [0.1, 0.15) is 5.69 Å². The summed E-state index contributed by atoms with van der Waals surface area (Å²) in [5.41, 5.74) is 1.09. The molecular formula is C16H22BClN2O2S. The van der Waals surface area contributed by atoms with Crippen molar-refractivity contribution in [3.63, 3.8) is 0 Å². The fraction of sp³-hybridized carbons (Fsp3) is 0.562. The first-order chi connectivity index (χ1) is 10.6. The van der Waals surface area contributed by atoms with Crippen LogP contribution in [0.4, 0.5) is 0 Å². The molecular weight excluding hydrogens is 331 g/mol. The molecule has 2 aromatic heterocycles. The Labute approximate surface area is 146 Å². The van der Waals surface area contributed by atoms with E-state index in [9.17, 15) is 0 Å². The Bertz CT molecular complexity index is 707. The third-order valence-corrected chi connectivity index (χ3v) is 5.84. The molecule has 0 bridgehead atoms. The average Bonchev–Trinajstić information content (AvgIpc) is 3.06. The van der Waals surface area contributed by atoms with Crippen LogP contribution in [0.5, 0.6) is 0 Å². The van der Waals surface area contributed by atoms with Gasteiger partial charge in [0.05, 0.1) is 20.4 Å². The molecule has 0 amide bonds. The molecule has 3 heterocycles. The Kier molecular flexibility index (Phi) is 4.16. The van der Waals surface area contributed by atoms with Crippen LogP contribution in [0.2, 0.25) is 4.34 Å². The fourth-order valence-corrected chi connectivity index (χ4v) is 3.50. The fourth-order valence-electron chi connectivity index (χ4n) is 2.45. The van der Waals surface area contributed by atoms with Crippen molar-refractivity contribution in [1.29, 1.82) is 0 Å². The summed E-state index contributed by atoms with van der Waals surface area (Å²) in [5.74, 6) is 0. The number of hydrogen-bond acceptors (Lipinski definition) is 4. The van der Waals surface area contributed by atoms with Gasteiger partial charge in [0, 0.05) is 17.7 Å². The second-order valence-electron chi connectivity index (χ2n) is 7.20. The number of rotatable bonds is 3. The summed E-state index contributed by atoms with van der Waals surface area (Å²) in [6.45, 7) is 12.4. The van der Waals surface area contributed by atoms with E-state index in [0.717, 1.165) is 20.4 Å². The zero-order chi connectivity index (χ0) is 17.0. The molecule has 1 fully saturated rings. The van der Waals surface area contributed by atoms with E-state index in [1.54, 1.807) is 0 Å². The van der Waals surface area contributed by atoms with Crippen molar-refractivity contribution in [1.82, 2.24) is 9.78 Å². The van der Waals surface area contributed by atoms with Gasteiger partial charge >= 0.3 is 7.12 Å². The van der Waals surface area contributed by atoms with Gasteiger partial charge in [-0.3, -0.25) is 4.68 Å². The lowest BCUT2D eigenvalue weighted by atomic mass is 9.79. The quantitative estimate of drug-likeness (QED) is 0.779. The number of hydrogen-bond donors (Lipinski definition) is 0. The van der Waals surface area contributed by atoms with Crippen molar-refractivity contribution in [2.24, 2.45) is 0 Å². The van der Waals surface area contributed by atoms with Crippen molar-refractivity contribution in [2.75, 3.05) is 0 Å². The van der Waals surface area contributed by atoms with Crippen molar-refractivity contribution in [3.8, 4) is 10.6 Å². The molecule has 3 rings (SSSR count). The predicted octanol–water partition coefficient (Wildman–Crippen LogP) is 4.15. The maximum atomic E-state index is 6.21. The molecule has 4 nitrogen and oxygen atoms in total. The van der Waals surface area contributed by atoms with Crippen LogP contribution in [0.25, 0.3) is 10.6 Å². The number of nitrogens with zero attached hydrogens (tertiary/aromatic N) is 2. The molecule has 124 valence electrons. The Balaban J connectivity index is 2.05. The van der Waals surface area contributed by atoms with Gasteiger partial charge in [-0.1, -0.05) is 11.6 Å². The SMILES string of the molecule is CC(C)n1cc(B2OC(C)(C)C(C)(C)O2)c(-c2ccc(Cl)s2)n1. The highest BCUT2D eigenvalue weighted by atomic mass is 35.5. The summed E-state index contributed by atoms with van der Waals surface area (Å²) in [6, 6.07) is 4.15. The van der Waals surface area contributed by atoms with Crippen LogP contribution in [0.3, 0.4) is 0 Å². The Hall–Kier alpha value is -0.815. The van der Waals surface area contributed by atoms with Crippen molar-refractivity contribution in [3.05, 3.63) is 22.7 Å². The first-order valence-electron chi connectivity index (χ1n) is 7.81. The van der Waals surface area contributed by atoms with Crippen LogP contribution in [0.15, 0.2) is 18.3 Å². The van der Waals surface area contributed by atoms with Crippen LogP contribution in [0, 0.1) is 0 Å². The minimum Gasteiger partial charge on any atom is -0.399 e. The lowest BCUT2D eigenvalue weighted by Gasteiger charge is -2.32. The van der Waals surface area contributed by atoms with Gasteiger partial charge in [-0.05, 0) is 53.7 Å². The van der Waals surface area contributed by atoms with Crippen molar-refractivity contribution >= 4 is 35.5 Å². The highest BCUT2D eigenvalue weighted by Gasteiger charge is 2.53. The van der Waals surface area contributed by atoms with Gasteiger partial charge in [-0.2, -0.15) is 5.10 Å². The maximum Gasteiger partial charge on any atom is 0.498 e. The molecule has 0 atom stereocenters. The van der Waals surface area contributed by atoms with E-state index in [1.807, 2.05) is 23.0 Å². The normalized spacial score (nSPS) is 19.7. The van der Waals surface area contributed by atoms with Gasteiger partial charge < -0.3 is 9.31 Å². The summed E-state index contributed by atoms with van der Waals surface area (Å²) in [4.78, 5) is 1.03. The first-order valence-corrected chi connectivity index (χ1v) is 9.00. The van der Waals surface area contributed by atoms with E-state index >= 15 is 0 Å². The third-order valence-electron chi connectivity index (χ3n) is 4.60. The van der Waals surface area contributed by atoms with E-state index in [4.69, 9.17) is 26.0 Å². The molecule has 7 heteroatoms. The van der Waals surface area contributed by atoms with E-state index in [0.29, 0.717) is 0 Å². The number of aromatic nitrogens is 2. The molecule has 0 N–H and O–H groups in total. The lowest BCUT2D eigenvalue weighted by molar-refractivity contribution is 0.00578. The molecule has 0 radical (unpaired) electrons. The molecule has 1 saturated heterocycles. The topological polar surface area (TPSA) is 36.3 Å². The zero-order valence-corrected chi connectivity index (χ0v) is 16.0. The Morgan fingerprint density at radius 1 is 1.17 bits per heavy atom. The number of halogens is 1. The summed E-state index contributed by atoms with van der Waals surface area (Å²) >= 11 is 7.62. The summed E-state index contributed by atoms with van der Waals surface area (Å²) in [6.07, 6.45) is 2.02.